The van der Waals surface area contributed by atoms with Gasteiger partial charge in [0.1, 0.15) is 11.3 Å². The molecular weight excluding hydrogens is 768 g/mol. The zero-order valence-electron chi connectivity index (χ0n) is 31.9. The van der Waals surface area contributed by atoms with Crippen LogP contribution in [0.25, 0.3) is 0 Å². The number of hydrogen-bond acceptors (Lipinski definition) is 12. The molecule has 0 aliphatic rings. The summed E-state index contributed by atoms with van der Waals surface area (Å²) in [6.45, 7) is -0.386. The van der Waals surface area contributed by atoms with Crippen LogP contribution in [0, 0.1) is 0 Å². The fourth-order valence-corrected chi connectivity index (χ4v) is 5.70. The summed E-state index contributed by atoms with van der Waals surface area (Å²) in [6, 6.07) is 22.5. The van der Waals surface area contributed by atoms with E-state index in [4.69, 9.17) is 9.47 Å². The highest BCUT2D eigenvalue weighted by molar-refractivity contribution is 6.10. The average Bonchev–Trinajstić information content (AvgIpc) is 3.20. The van der Waals surface area contributed by atoms with E-state index in [-0.39, 0.29) is 51.9 Å². The first-order chi connectivity index (χ1) is 28.1. The molecule has 5 aromatic carbocycles. The lowest BCUT2D eigenvalue weighted by Gasteiger charge is -2.29. The molecule has 18 heteroatoms. The smallest absolute Gasteiger partial charge is 0.339 e. The van der Waals surface area contributed by atoms with Crippen molar-refractivity contribution in [2.24, 2.45) is 0 Å². The maximum Gasteiger partial charge on any atom is 0.339 e. The molecule has 0 spiro atoms. The van der Waals surface area contributed by atoms with Gasteiger partial charge >= 0.3 is 5.97 Å². The van der Waals surface area contributed by atoms with E-state index in [1.165, 1.54) is 115 Å². The number of carboxylic acid groups (broad SMARTS) is 1. The van der Waals surface area contributed by atoms with E-state index >= 15 is 0 Å². The van der Waals surface area contributed by atoms with Gasteiger partial charge in [-0.2, -0.15) is 0 Å². The standard InChI is InChI=1S/C41H38N6O12/c1-46(2)47(32(49)21-42-37(52)22-5-11-25(12-6-22)43-38(53)24-9-15-27(48)16-10-24)26-13-7-23(8-14-26)39(54)44-30-19-17-28(33(50)35(30)58-3)40(55)45-31-20-18-29(41(56)57)34(51)36(31)59-4/h5-20,48,50-51H,21H2,1-4H3,(H,42,52)(H,43,53)(H,44,54)(H,45,55)(H,56,57). The molecule has 0 aliphatic carbocycles. The van der Waals surface area contributed by atoms with Crippen molar-refractivity contribution in [1.82, 2.24) is 10.3 Å². The van der Waals surface area contributed by atoms with Crippen molar-refractivity contribution in [3.8, 4) is 28.7 Å². The molecule has 59 heavy (non-hydrogen) atoms. The summed E-state index contributed by atoms with van der Waals surface area (Å²) in [5.41, 5.74) is 0.690. The number of amides is 5. The predicted molar refractivity (Wildman–Crippen MR) is 215 cm³/mol. The van der Waals surface area contributed by atoms with Gasteiger partial charge in [-0.15, -0.1) is 0 Å². The van der Waals surface area contributed by atoms with Gasteiger partial charge in [-0.1, -0.05) is 0 Å². The summed E-state index contributed by atoms with van der Waals surface area (Å²) in [7, 11) is 5.60. The number of aromatic carboxylic acids is 1. The number of aromatic hydroxyl groups is 3. The number of nitrogens with zero attached hydrogens (tertiary/aromatic N) is 2. The Balaban J connectivity index is 1.20. The number of phenols is 3. The number of rotatable bonds is 14. The number of hydrazine groups is 1. The summed E-state index contributed by atoms with van der Waals surface area (Å²) in [4.78, 5) is 76.4. The number of phenolic OH excluding ortho intramolecular Hbond substituents is 2. The highest BCUT2D eigenvalue weighted by Crippen LogP contribution is 2.40. The third-order valence-electron chi connectivity index (χ3n) is 8.59. The SMILES string of the molecule is COc1c(NC(=O)c2ccc(NC(=O)c3ccc(N(C(=O)CNC(=O)c4ccc(NC(=O)c5ccc(O)cc5)cc4)N(C)C)cc3)c(OC)c2O)ccc(C(=O)O)c1O. The van der Waals surface area contributed by atoms with E-state index in [1.54, 1.807) is 14.1 Å². The number of carbonyl (C=O) groups excluding carboxylic acids is 5. The molecule has 0 bridgehead atoms. The Morgan fingerprint density at radius 3 is 1.54 bits per heavy atom. The van der Waals surface area contributed by atoms with Crippen LogP contribution in [0.3, 0.4) is 0 Å². The van der Waals surface area contributed by atoms with Gasteiger partial charge in [0, 0.05) is 36.5 Å². The first kappa shape index (κ1) is 42.0. The predicted octanol–water partition coefficient (Wildman–Crippen LogP) is 4.52. The number of nitrogens with one attached hydrogen (secondary N) is 4. The van der Waals surface area contributed by atoms with Crippen molar-refractivity contribution >= 4 is 58.3 Å². The molecule has 0 saturated carbocycles. The molecule has 0 fully saturated rings. The highest BCUT2D eigenvalue weighted by atomic mass is 16.5. The minimum Gasteiger partial charge on any atom is -0.508 e. The monoisotopic (exact) mass is 806 g/mol. The second kappa shape index (κ2) is 18.2. The third-order valence-corrected chi connectivity index (χ3v) is 8.59. The van der Waals surface area contributed by atoms with E-state index in [0.717, 1.165) is 6.07 Å². The number of carboxylic acids is 1. The molecule has 0 radical (unpaired) electrons. The second-order valence-electron chi connectivity index (χ2n) is 12.7. The van der Waals surface area contributed by atoms with Crippen LogP contribution < -0.4 is 35.7 Å². The molecule has 0 aromatic heterocycles. The van der Waals surface area contributed by atoms with Crippen molar-refractivity contribution in [2.45, 2.75) is 0 Å². The second-order valence-corrected chi connectivity index (χ2v) is 12.7. The average molecular weight is 807 g/mol. The molecule has 5 rings (SSSR count). The van der Waals surface area contributed by atoms with Gasteiger partial charge in [-0.3, -0.25) is 24.0 Å². The molecule has 18 nitrogen and oxygen atoms in total. The Kier molecular flexibility index (Phi) is 13.0. The zero-order valence-corrected chi connectivity index (χ0v) is 31.9. The van der Waals surface area contributed by atoms with Crippen LogP contribution in [0.1, 0.15) is 51.8 Å². The van der Waals surface area contributed by atoms with Crippen molar-refractivity contribution in [3.05, 3.63) is 125 Å². The first-order valence-electron chi connectivity index (χ1n) is 17.4. The molecule has 0 saturated heterocycles. The fourth-order valence-electron chi connectivity index (χ4n) is 5.70. The van der Waals surface area contributed by atoms with Gasteiger partial charge in [0.25, 0.3) is 29.5 Å². The van der Waals surface area contributed by atoms with Gasteiger partial charge in [-0.05, 0) is 97.1 Å². The van der Waals surface area contributed by atoms with Gasteiger partial charge in [0.2, 0.25) is 0 Å². The molecule has 0 unspecified atom stereocenters. The Bertz CT molecular complexity index is 2420. The van der Waals surface area contributed by atoms with Gasteiger partial charge in [0.05, 0.1) is 43.4 Å². The quantitative estimate of drug-likeness (QED) is 0.0720. The van der Waals surface area contributed by atoms with Crippen LogP contribution in [0.2, 0.25) is 0 Å². The molecule has 0 atom stereocenters. The fraction of sp³-hybridized carbons (Fsp3) is 0.122. The van der Waals surface area contributed by atoms with Gasteiger partial charge < -0.3 is 51.2 Å². The maximum atomic E-state index is 13.3. The third kappa shape index (κ3) is 9.65. The van der Waals surface area contributed by atoms with Crippen LogP contribution in [-0.4, -0.2) is 95.8 Å². The van der Waals surface area contributed by atoms with Crippen LogP contribution in [0.5, 0.6) is 28.7 Å². The lowest BCUT2D eigenvalue weighted by atomic mass is 10.1. The molecule has 5 aromatic rings. The van der Waals surface area contributed by atoms with Crippen LogP contribution in [-0.2, 0) is 4.79 Å². The number of benzene rings is 5. The summed E-state index contributed by atoms with van der Waals surface area (Å²) < 4.78 is 10.4. The number of hydrogen-bond donors (Lipinski definition) is 8. The summed E-state index contributed by atoms with van der Waals surface area (Å²) in [5.74, 6) is -6.27. The Hall–Kier alpha value is -8.12. The van der Waals surface area contributed by atoms with Crippen LogP contribution in [0.15, 0.2) is 97.1 Å². The normalized spacial score (nSPS) is 10.6. The van der Waals surface area contributed by atoms with E-state index in [0.29, 0.717) is 16.9 Å². The van der Waals surface area contributed by atoms with Crippen molar-refractivity contribution < 1.29 is 58.7 Å². The number of carbonyl (C=O) groups is 6. The minimum absolute atomic E-state index is 0.00553. The number of ether oxygens (including phenoxy) is 2. The minimum atomic E-state index is -1.42. The van der Waals surface area contributed by atoms with E-state index in [1.807, 2.05) is 0 Å². The molecule has 0 heterocycles. The largest absolute Gasteiger partial charge is 0.508 e. The zero-order chi connectivity index (χ0) is 43.0. The van der Waals surface area contributed by atoms with Crippen molar-refractivity contribution in [1.29, 1.82) is 0 Å². The molecule has 8 N–H and O–H groups in total. The Morgan fingerprint density at radius 1 is 0.559 bits per heavy atom. The maximum absolute atomic E-state index is 13.3. The molecule has 304 valence electrons. The highest BCUT2D eigenvalue weighted by Gasteiger charge is 2.25. The topological polar surface area (TPSA) is 256 Å². The first-order valence-corrected chi connectivity index (χ1v) is 17.4. The summed E-state index contributed by atoms with van der Waals surface area (Å²) in [5, 5.41) is 53.0. The van der Waals surface area contributed by atoms with Gasteiger partial charge in [-0.25, -0.2) is 14.8 Å². The lowest BCUT2D eigenvalue weighted by Crippen LogP contribution is -2.47. The number of anilines is 4. The Labute approximate surface area is 336 Å². The lowest BCUT2D eigenvalue weighted by molar-refractivity contribution is -0.120. The summed E-state index contributed by atoms with van der Waals surface area (Å²) in [6.07, 6.45) is 0. The van der Waals surface area contributed by atoms with E-state index in [2.05, 4.69) is 21.3 Å². The molecule has 5 amide bonds. The van der Waals surface area contributed by atoms with E-state index < -0.39 is 52.6 Å². The van der Waals surface area contributed by atoms with Crippen molar-refractivity contribution in [2.75, 3.05) is 55.8 Å². The van der Waals surface area contributed by atoms with E-state index in [9.17, 15) is 49.2 Å². The number of methoxy groups -OCH3 is 2. The summed E-state index contributed by atoms with van der Waals surface area (Å²) >= 11 is 0. The van der Waals surface area contributed by atoms with Crippen LogP contribution in [0.4, 0.5) is 22.7 Å². The van der Waals surface area contributed by atoms with Gasteiger partial charge in [0.15, 0.2) is 23.0 Å². The van der Waals surface area contributed by atoms with Crippen molar-refractivity contribution in [3.63, 3.8) is 0 Å². The van der Waals surface area contributed by atoms with Crippen LogP contribution >= 0.6 is 0 Å². The molecule has 0 aliphatic heterocycles. The Morgan fingerprint density at radius 2 is 1.02 bits per heavy atom. The molecular formula is C41H38N6O12.